The van der Waals surface area contributed by atoms with E-state index in [0.29, 0.717) is 5.92 Å². The van der Waals surface area contributed by atoms with E-state index in [1.165, 1.54) is 0 Å². The van der Waals surface area contributed by atoms with Gasteiger partial charge in [-0.05, 0) is 51.7 Å². The van der Waals surface area contributed by atoms with E-state index in [0.717, 1.165) is 38.3 Å². The zero-order chi connectivity index (χ0) is 15.3. The van der Waals surface area contributed by atoms with Gasteiger partial charge in [-0.2, -0.15) is 0 Å². The van der Waals surface area contributed by atoms with E-state index in [9.17, 15) is 4.79 Å². The minimum atomic E-state index is -0.188. The molecule has 0 radical (unpaired) electrons. The number of aromatic nitrogens is 1. The maximum Gasteiger partial charge on any atom is 0.315 e. The van der Waals surface area contributed by atoms with Crippen LogP contribution in [0.4, 0.5) is 10.6 Å². The first-order valence-corrected chi connectivity index (χ1v) is 7.66. The molecule has 0 aromatic carbocycles. The van der Waals surface area contributed by atoms with Crippen molar-refractivity contribution in [2.75, 3.05) is 24.5 Å². The highest BCUT2D eigenvalue weighted by Gasteiger charge is 2.21. The van der Waals surface area contributed by atoms with E-state index in [-0.39, 0.29) is 11.6 Å². The summed E-state index contributed by atoms with van der Waals surface area (Å²) in [7, 11) is 0. The van der Waals surface area contributed by atoms with E-state index in [4.69, 9.17) is 0 Å². The second kappa shape index (κ2) is 6.78. The molecule has 1 aromatic rings. The van der Waals surface area contributed by atoms with Crippen molar-refractivity contribution in [3.05, 3.63) is 24.4 Å². The molecule has 5 nitrogen and oxygen atoms in total. The number of carbonyl (C=O) groups excluding carboxylic acids is 1. The Hall–Kier alpha value is -1.78. The fraction of sp³-hybridized carbons (Fsp3) is 0.625. The summed E-state index contributed by atoms with van der Waals surface area (Å²) < 4.78 is 0. The predicted octanol–water partition coefficient (Wildman–Crippen LogP) is 2.40. The van der Waals surface area contributed by atoms with Crippen LogP contribution in [0.1, 0.15) is 33.6 Å². The van der Waals surface area contributed by atoms with Crippen molar-refractivity contribution in [3.63, 3.8) is 0 Å². The Labute approximate surface area is 127 Å². The second-order valence-electron chi connectivity index (χ2n) is 6.70. The van der Waals surface area contributed by atoms with E-state index >= 15 is 0 Å². The highest BCUT2D eigenvalue weighted by atomic mass is 16.2. The number of piperidine rings is 1. The summed E-state index contributed by atoms with van der Waals surface area (Å²) in [5, 5.41) is 5.90. The van der Waals surface area contributed by atoms with Crippen molar-refractivity contribution in [2.24, 2.45) is 5.92 Å². The van der Waals surface area contributed by atoms with Gasteiger partial charge in [0.25, 0.3) is 0 Å². The van der Waals surface area contributed by atoms with Crippen LogP contribution in [0.15, 0.2) is 24.4 Å². The molecule has 116 valence electrons. The van der Waals surface area contributed by atoms with E-state index in [1.807, 2.05) is 39.1 Å². The zero-order valence-electron chi connectivity index (χ0n) is 13.2. The Morgan fingerprint density at radius 1 is 1.33 bits per heavy atom. The van der Waals surface area contributed by atoms with Gasteiger partial charge in [0.2, 0.25) is 0 Å². The van der Waals surface area contributed by atoms with Crippen LogP contribution < -0.4 is 15.5 Å². The summed E-state index contributed by atoms with van der Waals surface area (Å²) in [6, 6.07) is 5.94. The van der Waals surface area contributed by atoms with Crippen LogP contribution in [0.5, 0.6) is 0 Å². The van der Waals surface area contributed by atoms with Gasteiger partial charge in [0.15, 0.2) is 0 Å². The molecular formula is C16H26N4O. The highest BCUT2D eigenvalue weighted by Crippen LogP contribution is 2.20. The largest absolute Gasteiger partial charge is 0.357 e. The summed E-state index contributed by atoms with van der Waals surface area (Å²) in [6.07, 6.45) is 4.01. The van der Waals surface area contributed by atoms with Crippen molar-refractivity contribution >= 4 is 11.8 Å². The van der Waals surface area contributed by atoms with E-state index in [1.54, 1.807) is 0 Å². The van der Waals surface area contributed by atoms with Gasteiger partial charge in [-0.25, -0.2) is 9.78 Å². The quantitative estimate of drug-likeness (QED) is 0.898. The Balaban J connectivity index is 1.71. The van der Waals surface area contributed by atoms with E-state index < -0.39 is 0 Å². The van der Waals surface area contributed by atoms with Gasteiger partial charge >= 0.3 is 6.03 Å². The number of amides is 2. The average molecular weight is 290 g/mol. The number of hydrogen-bond donors (Lipinski definition) is 2. The monoisotopic (exact) mass is 290 g/mol. The van der Waals surface area contributed by atoms with E-state index in [2.05, 4.69) is 26.6 Å². The van der Waals surface area contributed by atoms with Gasteiger partial charge in [0.1, 0.15) is 5.82 Å². The van der Waals surface area contributed by atoms with Gasteiger partial charge in [-0.1, -0.05) is 6.07 Å². The first kappa shape index (κ1) is 15.6. The molecule has 0 saturated carbocycles. The van der Waals surface area contributed by atoms with Gasteiger partial charge in [0, 0.05) is 31.4 Å². The van der Waals surface area contributed by atoms with Crippen LogP contribution in [0.2, 0.25) is 0 Å². The first-order chi connectivity index (χ1) is 9.94. The van der Waals surface area contributed by atoms with Crippen LogP contribution in [0.3, 0.4) is 0 Å². The van der Waals surface area contributed by atoms with Crippen molar-refractivity contribution in [2.45, 2.75) is 39.2 Å². The third-order valence-electron chi connectivity index (χ3n) is 3.63. The number of nitrogens with zero attached hydrogens (tertiary/aromatic N) is 2. The Morgan fingerprint density at radius 2 is 2.05 bits per heavy atom. The molecular weight excluding hydrogens is 264 g/mol. The van der Waals surface area contributed by atoms with Crippen molar-refractivity contribution in [1.82, 2.24) is 15.6 Å². The Kier molecular flexibility index (Phi) is 5.04. The lowest BCUT2D eigenvalue weighted by Crippen LogP contribution is -2.48. The summed E-state index contributed by atoms with van der Waals surface area (Å²) in [4.78, 5) is 18.4. The summed E-state index contributed by atoms with van der Waals surface area (Å²) in [5.74, 6) is 1.60. The molecule has 1 aliphatic heterocycles. The van der Waals surface area contributed by atoms with Crippen LogP contribution >= 0.6 is 0 Å². The van der Waals surface area contributed by atoms with Crippen molar-refractivity contribution in [3.8, 4) is 0 Å². The third-order valence-corrected chi connectivity index (χ3v) is 3.63. The lowest BCUT2D eigenvalue weighted by molar-refractivity contribution is 0.228. The molecule has 2 heterocycles. The van der Waals surface area contributed by atoms with Crippen LogP contribution in [-0.2, 0) is 0 Å². The fourth-order valence-corrected chi connectivity index (χ4v) is 2.53. The molecule has 2 amide bonds. The van der Waals surface area contributed by atoms with Gasteiger partial charge in [-0.3, -0.25) is 0 Å². The molecule has 1 fully saturated rings. The molecule has 0 bridgehead atoms. The highest BCUT2D eigenvalue weighted by molar-refractivity contribution is 5.74. The maximum atomic E-state index is 11.7. The Bertz CT molecular complexity index is 447. The predicted molar refractivity (Wildman–Crippen MR) is 85.5 cm³/mol. The molecule has 1 aliphatic rings. The minimum absolute atomic E-state index is 0.0744. The third kappa shape index (κ3) is 5.25. The molecule has 0 atom stereocenters. The molecule has 1 aromatic heterocycles. The topological polar surface area (TPSA) is 57.3 Å². The normalized spacial score (nSPS) is 16.6. The second-order valence-corrected chi connectivity index (χ2v) is 6.70. The lowest BCUT2D eigenvalue weighted by atomic mass is 9.97. The molecule has 2 N–H and O–H groups in total. The zero-order valence-corrected chi connectivity index (χ0v) is 13.2. The number of anilines is 1. The summed E-state index contributed by atoms with van der Waals surface area (Å²) in [6.45, 7) is 8.71. The van der Waals surface area contributed by atoms with Crippen LogP contribution in [0, 0.1) is 5.92 Å². The molecule has 5 heteroatoms. The molecule has 2 rings (SSSR count). The molecule has 0 spiro atoms. The number of hydrogen-bond acceptors (Lipinski definition) is 3. The molecule has 21 heavy (non-hydrogen) atoms. The Morgan fingerprint density at radius 3 is 2.62 bits per heavy atom. The van der Waals surface area contributed by atoms with Gasteiger partial charge < -0.3 is 15.5 Å². The van der Waals surface area contributed by atoms with Crippen LogP contribution in [0.25, 0.3) is 0 Å². The summed E-state index contributed by atoms with van der Waals surface area (Å²) >= 11 is 0. The molecule has 0 unspecified atom stereocenters. The van der Waals surface area contributed by atoms with Gasteiger partial charge in [0.05, 0.1) is 0 Å². The molecule has 0 aliphatic carbocycles. The minimum Gasteiger partial charge on any atom is -0.357 e. The number of rotatable bonds is 3. The van der Waals surface area contributed by atoms with Gasteiger partial charge in [-0.15, -0.1) is 0 Å². The van der Waals surface area contributed by atoms with Crippen molar-refractivity contribution < 1.29 is 4.79 Å². The average Bonchev–Trinajstić information content (AvgIpc) is 2.45. The van der Waals surface area contributed by atoms with Crippen LogP contribution in [-0.4, -0.2) is 36.2 Å². The SMILES string of the molecule is CC(C)(C)NC(=O)NCC1CCN(c2ccccn2)CC1. The number of urea groups is 1. The standard InChI is InChI=1S/C16H26N4O/c1-16(2,3)19-15(21)18-12-13-7-10-20(11-8-13)14-6-4-5-9-17-14/h4-6,9,13H,7-8,10-12H2,1-3H3,(H2,18,19,21). The first-order valence-electron chi connectivity index (χ1n) is 7.66. The van der Waals surface area contributed by atoms with Crippen molar-refractivity contribution in [1.29, 1.82) is 0 Å². The number of pyridine rings is 1. The smallest absolute Gasteiger partial charge is 0.315 e. The number of carbonyl (C=O) groups is 1. The molecule has 1 saturated heterocycles. The number of nitrogens with one attached hydrogen (secondary N) is 2. The fourth-order valence-electron chi connectivity index (χ4n) is 2.53. The summed E-state index contributed by atoms with van der Waals surface area (Å²) in [5.41, 5.74) is -0.188. The lowest BCUT2D eigenvalue weighted by Gasteiger charge is -2.33. The maximum absolute atomic E-state index is 11.7.